The second-order valence-electron chi connectivity index (χ2n) is 7.25. The van der Waals surface area contributed by atoms with Gasteiger partial charge in [-0.2, -0.15) is 0 Å². The van der Waals surface area contributed by atoms with Crippen molar-refractivity contribution < 1.29 is 9.59 Å². The maximum atomic E-state index is 12.6. The highest BCUT2D eigenvalue weighted by Gasteiger charge is 2.33. The minimum atomic E-state index is -0.0921. The molecular formula is C20H23N3O2S. The zero-order valence-electron chi connectivity index (χ0n) is 14.8. The molecule has 5 nitrogen and oxygen atoms in total. The van der Waals surface area contributed by atoms with E-state index in [1.165, 1.54) is 37.8 Å². The molecule has 2 aliphatic rings. The molecule has 1 aromatic heterocycles. The maximum Gasteiger partial charge on any atom is 0.261 e. The van der Waals surface area contributed by atoms with Crippen LogP contribution in [0.5, 0.6) is 0 Å². The number of fused-ring (bicyclic) bond motifs is 2. The summed E-state index contributed by atoms with van der Waals surface area (Å²) in [7, 11) is 0. The van der Waals surface area contributed by atoms with E-state index in [4.69, 9.17) is 0 Å². The minimum Gasteiger partial charge on any atom is -0.347 e. The zero-order chi connectivity index (χ0) is 18.1. The van der Waals surface area contributed by atoms with Crippen LogP contribution in [-0.4, -0.2) is 42.4 Å². The van der Waals surface area contributed by atoms with E-state index in [9.17, 15) is 9.59 Å². The number of amides is 2. The van der Waals surface area contributed by atoms with Crippen molar-refractivity contribution in [3.63, 3.8) is 0 Å². The summed E-state index contributed by atoms with van der Waals surface area (Å²) < 4.78 is 0. The highest BCUT2D eigenvalue weighted by atomic mass is 32.1. The lowest BCUT2D eigenvalue weighted by atomic mass is 9.97. The predicted octanol–water partition coefficient (Wildman–Crippen LogP) is 3.20. The van der Waals surface area contributed by atoms with Crippen LogP contribution in [0.25, 0.3) is 10.4 Å². The Balaban J connectivity index is 1.44. The summed E-state index contributed by atoms with van der Waals surface area (Å²) in [6.07, 6.45) is 2.36. The first-order chi connectivity index (χ1) is 12.6. The van der Waals surface area contributed by atoms with Crippen molar-refractivity contribution in [1.82, 2.24) is 10.2 Å². The minimum absolute atomic E-state index is 0.0202. The Kier molecular flexibility index (Phi) is 4.78. The molecule has 0 saturated carbocycles. The smallest absolute Gasteiger partial charge is 0.261 e. The molecule has 6 heteroatoms. The molecule has 26 heavy (non-hydrogen) atoms. The van der Waals surface area contributed by atoms with Gasteiger partial charge in [-0.1, -0.05) is 12.1 Å². The molecule has 0 spiro atoms. The Morgan fingerprint density at radius 1 is 1.19 bits per heavy atom. The lowest BCUT2D eigenvalue weighted by molar-refractivity contribution is -0.114. The first-order valence-corrected chi connectivity index (χ1v) is 9.89. The molecule has 2 aromatic rings. The van der Waals surface area contributed by atoms with E-state index in [0.29, 0.717) is 0 Å². The van der Waals surface area contributed by atoms with Gasteiger partial charge in [0.1, 0.15) is 0 Å². The summed E-state index contributed by atoms with van der Waals surface area (Å²) in [4.78, 5) is 28.1. The Hall–Kier alpha value is -2.18. The Labute approximate surface area is 157 Å². The third-order valence-electron chi connectivity index (χ3n) is 5.10. The first kappa shape index (κ1) is 17.2. The van der Waals surface area contributed by atoms with Crippen molar-refractivity contribution in [3.05, 3.63) is 41.3 Å². The number of piperidine rings is 1. The van der Waals surface area contributed by atoms with Crippen LogP contribution in [0.2, 0.25) is 0 Å². The van der Waals surface area contributed by atoms with E-state index >= 15 is 0 Å². The van der Waals surface area contributed by atoms with E-state index in [1.807, 2.05) is 36.4 Å². The number of anilines is 1. The Morgan fingerprint density at radius 2 is 2.08 bits per heavy atom. The van der Waals surface area contributed by atoms with Gasteiger partial charge in [-0.3, -0.25) is 9.59 Å². The highest BCUT2D eigenvalue weighted by Crippen LogP contribution is 2.31. The Morgan fingerprint density at radius 3 is 2.88 bits per heavy atom. The van der Waals surface area contributed by atoms with E-state index in [2.05, 4.69) is 15.5 Å². The van der Waals surface area contributed by atoms with Crippen LogP contribution < -0.4 is 10.6 Å². The molecule has 3 atom stereocenters. The molecule has 3 heterocycles. The van der Waals surface area contributed by atoms with Gasteiger partial charge >= 0.3 is 0 Å². The first-order valence-electron chi connectivity index (χ1n) is 9.08. The number of nitrogens with zero attached hydrogens (tertiary/aromatic N) is 1. The quantitative estimate of drug-likeness (QED) is 0.870. The van der Waals surface area contributed by atoms with Crippen LogP contribution >= 0.6 is 11.3 Å². The summed E-state index contributed by atoms with van der Waals surface area (Å²) in [5, 5.41) is 6.01. The van der Waals surface area contributed by atoms with Crippen LogP contribution in [-0.2, 0) is 4.79 Å². The molecule has 136 valence electrons. The SMILES string of the molecule is CC(=O)Nc1cccc(-c2ccc(C(=O)N[C@H]3C[C@H]4CCN(C4)C3)s2)c1. The molecular weight excluding hydrogens is 346 g/mol. The van der Waals surface area contributed by atoms with Gasteiger partial charge in [-0.25, -0.2) is 0 Å². The van der Waals surface area contributed by atoms with E-state index in [1.54, 1.807) is 0 Å². The number of thiophene rings is 1. The van der Waals surface area contributed by atoms with Crippen molar-refractivity contribution in [3.8, 4) is 10.4 Å². The van der Waals surface area contributed by atoms with E-state index in [0.717, 1.165) is 39.9 Å². The van der Waals surface area contributed by atoms with Gasteiger partial charge in [-0.05, 0) is 55.1 Å². The van der Waals surface area contributed by atoms with Gasteiger partial charge in [0.05, 0.1) is 4.88 Å². The summed E-state index contributed by atoms with van der Waals surface area (Å²) in [5.41, 5.74) is 1.77. The molecule has 1 aromatic carbocycles. The normalized spacial score (nSPS) is 24.3. The summed E-state index contributed by atoms with van der Waals surface area (Å²) in [6, 6.07) is 11.8. The van der Waals surface area contributed by atoms with Gasteiger partial charge in [0.15, 0.2) is 0 Å². The van der Waals surface area contributed by atoms with Crippen molar-refractivity contribution >= 4 is 28.8 Å². The van der Waals surface area contributed by atoms with Crippen LogP contribution in [0.1, 0.15) is 29.4 Å². The van der Waals surface area contributed by atoms with E-state index < -0.39 is 0 Å². The second-order valence-corrected chi connectivity index (χ2v) is 8.33. The van der Waals surface area contributed by atoms with E-state index in [-0.39, 0.29) is 17.9 Å². The molecule has 2 aliphatic heterocycles. The number of nitrogens with one attached hydrogen (secondary N) is 2. The number of benzene rings is 1. The number of rotatable bonds is 4. The molecule has 2 amide bonds. The van der Waals surface area contributed by atoms with Gasteiger partial charge in [-0.15, -0.1) is 11.3 Å². The van der Waals surface area contributed by atoms with Gasteiger partial charge in [0.25, 0.3) is 5.91 Å². The largest absolute Gasteiger partial charge is 0.347 e. The Bertz CT molecular complexity index is 820. The summed E-state index contributed by atoms with van der Waals surface area (Å²) in [5.74, 6) is 0.668. The molecule has 2 saturated heterocycles. The topological polar surface area (TPSA) is 61.4 Å². The van der Waals surface area contributed by atoms with Crippen LogP contribution in [0.15, 0.2) is 36.4 Å². The van der Waals surface area contributed by atoms with Gasteiger partial charge in [0, 0.05) is 36.6 Å². The molecule has 0 aliphatic carbocycles. The fourth-order valence-electron chi connectivity index (χ4n) is 3.99. The zero-order valence-corrected chi connectivity index (χ0v) is 15.6. The predicted molar refractivity (Wildman–Crippen MR) is 104 cm³/mol. The van der Waals surface area contributed by atoms with Crippen molar-refractivity contribution in [2.24, 2.45) is 5.92 Å². The summed E-state index contributed by atoms with van der Waals surface area (Å²) in [6.45, 7) is 4.83. The fraction of sp³-hybridized carbons (Fsp3) is 0.400. The van der Waals surface area contributed by atoms with Crippen LogP contribution in [0.4, 0.5) is 5.69 Å². The van der Waals surface area contributed by atoms with Gasteiger partial charge in [0.2, 0.25) is 5.91 Å². The van der Waals surface area contributed by atoms with Crippen LogP contribution in [0, 0.1) is 5.92 Å². The highest BCUT2D eigenvalue weighted by molar-refractivity contribution is 7.17. The summed E-state index contributed by atoms with van der Waals surface area (Å²) >= 11 is 1.49. The maximum absolute atomic E-state index is 12.6. The van der Waals surface area contributed by atoms with Gasteiger partial charge < -0.3 is 15.5 Å². The van der Waals surface area contributed by atoms with Crippen molar-refractivity contribution in [1.29, 1.82) is 0 Å². The second kappa shape index (κ2) is 7.21. The van der Waals surface area contributed by atoms with Crippen molar-refractivity contribution in [2.45, 2.75) is 25.8 Å². The molecule has 1 unspecified atom stereocenters. The average Bonchev–Trinajstić information content (AvgIpc) is 3.21. The standard InChI is InChI=1S/C20H23N3O2S/c1-13(24)21-16-4-2-3-15(10-16)18-5-6-19(26-18)20(25)22-17-9-14-7-8-23(11-14)12-17/h2-6,10,14,17H,7-9,11-12H2,1H3,(H,21,24)(H,22,25)/t14-,17+/m1/s1. The fourth-order valence-corrected chi connectivity index (χ4v) is 4.89. The lowest BCUT2D eigenvalue weighted by Gasteiger charge is -2.30. The number of hydrogen-bond donors (Lipinski definition) is 2. The third kappa shape index (κ3) is 3.81. The monoisotopic (exact) mass is 369 g/mol. The third-order valence-corrected chi connectivity index (χ3v) is 6.23. The molecule has 2 fully saturated rings. The van der Waals surface area contributed by atoms with Crippen molar-refractivity contribution in [2.75, 3.05) is 25.0 Å². The number of carbonyl (C=O) groups excluding carboxylic acids is 2. The average molecular weight is 369 g/mol. The lowest BCUT2D eigenvalue weighted by Crippen LogP contribution is -2.46. The molecule has 2 bridgehead atoms. The number of carbonyl (C=O) groups is 2. The molecule has 2 N–H and O–H groups in total. The van der Waals surface area contributed by atoms with Crippen LogP contribution in [0.3, 0.4) is 0 Å². The number of hydrogen-bond acceptors (Lipinski definition) is 4. The molecule has 0 radical (unpaired) electrons. The molecule has 4 rings (SSSR count).